The standard InChI is InChI=1S/C32H41NO9/c1-32(2,3)42-28(35)13-11-22(17-34)33-30(36)21-15-26-29(39-18-38-26)27(16-21)41-31(37)23-7-5-4-6-20(23)10-8-19-9-12-24-25(14-19)40-24/h4-8,10,15,19,22,24-27,29,34H,9,11-14,16-18H2,1-3H3,(H,33,36). The molecule has 7 atom stereocenters. The van der Waals surface area contributed by atoms with Crippen molar-refractivity contribution in [1.82, 2.24) is 5.32 Å². The summed E-state index contributed by atoms with van der Waals surface area (Å²) in [5, 5.41) is 12.6. The first-order valence-corrected chi connectivity index (χ1v) is 14.8. The molecule has 228 valence electrons. The maximum atomic E-state index is 13.4. The largest absolute Gasteiger partial charge is 0.460 e. The number of aliphatic hydroxyl groups excluding tert-OH is 1. The van der Waals surface area contributed by atoms with Crippen LogP contribution >= 0.6 is 0 Å². The molecule has 3 fully saturated rings. The van der Waals surface area contributed by atoms with Gasteiger partial charge in [-0.25, -0.2) is 4.79 Å². The number of epoxide rings is 1. The van der Waals surface area contributed by atoms with Gasteiger partial charge in [0.25, 0.3) is 0 Å². The van der Waals surface area contributed by atoms with Gasteiger partial charge in [-0.3, -0.25) is 9.59 Å². The van der Waals surface area contributed by atoms with Crippen LogP contribution in [-0.2, 0) is 33.3 Å². The maximum absolute atomic E-state index is 13.4. The minimum atomic E-state index is -0.746. The van der Waals surface area contributed by atoms with Gasteiger partial charge >= 0.3 is 11.9 Å². The number of benzene rings is 1. The molecule has 42 heavy (non-hydrogen) atoms. The summed E-state index contributed by atoms with van der Waals surface area (Å²) in [6.07, 6.45) is 8.31. The van der Waals surface area contributed by atoms with E-state index in [4.69, 9.17) is 23.7 Å². The lowest BCUT2D eigenvalue weighted by atomic mass is 9.88. The van der Waals surface area contributed by atoms with Crippen molar-refractivity contribution in [3.05, 3.63) is 53.1 Å². The first-order chi connectivity index (χ1) is 20.1. The van der Waals surface area contributed by atoms with Crippen LogP contribution in [0.3, 0.4) is 0 Å². The van der Waals surface area contributed by atoms with Crippen LogP contribution in [0.4, 0.5) is 0 Å². The van der Waals surface area contributed by atoms with Crippen molar-refractivity contribution in [3.63, 3.8) is 0 Å². The van der Waals surface area contributed by atoms with Gasteiger partial charge in [-0.2, -0.15) is 0 Å². The van der Waals surface area contributed by atoms with Crippen molar-refractivity contribution < 1.29 is 43.2 Å². The average Bonchev–Trinajstić information content (AvgIpc) is 3.57. The third kappa shape index (κ3) is 7.86. The Kier molecular flexibility index (Phi) is 9.47. The molecule has 0 aromatic heterocycles. The zero-order valence-corrected chi connectivity index (χ0v) is 24.5. The fraction of sp³-hybridized carbons (Fsp3) is 0.594. The second-order valence-electron chi connectivity index (χ2n) is 12.4. The number of esters is 2. The van der Waals surface area contributed by atoms with Gasteiger partial charge in [0.15, 0.2) is 0 Å². The molecule has 1 aromatic rings. The van der Waals surface area contributed by atoms with E-state index in [2.05, 4.69) is 11.4 Å². The molecule has 5 rings (SSSR count). The van der Waals surface area contributed by atoms with Crippen LogP contribution in [0, 0.1) is 5.92 Å². The number of nitrogens with one attached hydrogen (secondary N) is 1. The highest BCUT2D eigenvalue weighted by Crippen LogP contribution is 2.40. The topological polar surface area (TPSA) is 133 Å². The molecule has 2 N–H and O–H groups in total. The summed E-state index contributed by atoms with van der Waals surface area (Å²) in [4.78, 5) is 38.7. The van der Waals surface area contributed by atoms with E-state index in [-0.39, 0.29) is 32.7 Å². The maximum Gasteiger partial charge on any atom is 0.339 e. The highest BCUT2D eigenvalue weighted by atomic mass is 16.7. The van der Waals surface area contributed by atoms with Crippen molar-refractivity contribution >= 4 is 23.9 Å². The number of rotatable bonds is 10. The normalized spacial score (nSPS) is 29.2. The van der Waals surface area contributed by atoms with Crippen molar-refractivity contribution in [1.29, 1.82) is 0 Å². The second kappa shape index (κ2) is 13.1. The lowest BCUT2D eigenvalue weighted by Crippen LogP contribution is -2.45. The second-order valence-corrected chi connectivity index (χ2v) is 12.4. The fourth-order valence-corrected chi connectivity index (χ4v) is 5.77. The summed E-state index contributed by atoms with van der Waals surface area (Å²) in [6.45, 7) is 5.02. The van der Waals surface area contributed by atoms with Gasteiger partial charge in [0.1, 0.15) is 30.7 Å². The summed E-state index contributed by atoms with van der Waals surface area (Å²) in [5.41, 5.74) is 0.947. The van der Waals surface area contributed by atoms with E-state index in [1.165, 1.54) is 0 Å². The SMILES string of the molecule is CC(C)(C)OC(=O)CCC(CO)NC(=O)C1=CC2OCOC2C(OC(=O)c2ccccc2C=CC2CCC3OC3C2)C1. The monoisotopic (exact) mass is 583 g/mol. The van der Waals surface area contributed by atoms with Crippen LogP contribution in [-0.4, -0.2) is 78.5 Å². The van der Waals surface area contributed by atoms with E-state index < -0.39 is 47.8 Å². The Bertz CT molecular complexity index is 1220. The lowest BCUT2D eigenvalue weighted by molar-refractivity contribution is -0.155. The van der Waals surface area contributed by atoms with Crippen LogP contribution in [0.15, 0.2) is 42.0 Å². The lowest BCUT2D eigenvalue weighted by Gasteiger charge is -2.30. The first-order valence-electron chi connectivity index (χ1n) is 14.8. The van der Waals surface area contributed by atoms with Crippen LogP contribution in [0.25, 0.3) is 6.08 Å². The van der Waals surface area contributed by atoms with Gasteiger partial charge in [-0.1, -0.05) is 30.4 Å². The number of allylic oxidation sites excluding steroid dienone is 1. The van der Waals surface area contributed by atoms with Crippen molar-refractivity contribution in [2.75, 3.05) is 13.4 Å². The molecular formula is C32H41NO9. The van der Waals surface area contributed by atoms with Gasteiger partial charge in [0.2, 0.25) is 5.91 Å². The van der Waals surface area contributed by atoms with Crippen molar-refractivity contribution in [2.24, 2.45) is 5.92 Å². The quantitative estimate of drug-likeness (QED) is 0.314. The molecule has 0 spiro atoms. The molecule has 2 heterocycles. The number of amides is 1. The molecule has 2 aliphatic heterocycles. The summed E-state index contributed by atoms with van der Waals surface area (Å²) < 4.78 is 28.3. The minimum absolute atomic E-state index is 0.0240. The highest BCUT2D eigenvalue weighted by Gasteiger charge is 2.44. The third-order valence-electron chi connectivity index (χ3n) is 7.99. The summed E-state index contributed by atoms with van der Waals surface area (Å²) in [7, 11) is 0. The van der Waals surface area contributed by atoms with Gasteiger partial charge in [-0.15, -0.1) is 0 Å². The predicted octanol–water partition coefficient (Wildman–Crippen LogP) is 3.46. The molecule has 4 aliphatic rings. The summed E-state index contributed by atoms with van der Waals surface area (Å²) in [6, 6.07) is 6.64. The summed E-state index contributed by atoms with van der Waals surface area (Å²) in [5.74, 6) is -0.918. The molecular weight excluding hydrogens is 542 g/mol. The zero-order valence-electron chi connectivity index (χ0n) is 24.5. The van der Waals surface area contributed by atoms with Crippen LogP contribution in [0.1, 0.15) is 75.2 Å². The Morgan fingerprint density at radius 2 is 1.95 bits per heavy atom. The molecule has 1 saturated carbocycles. The Labute approximate surface area is 246 Å². The van der Waals surface area contributed by atoms with E-state index in [1.807, 2.05) is 18.2 Å². The predicted molar refractivity (Wildman–Crippen MR) is 152 cm³/mol. The minimum Gasteiger partial charge on any atom is -0.460 e. The number of carbonyl (C=O) groups excluding carboxylic acids is 3. The summed E-state index contributed by atoms with van der Waals surface area (Å²) >= 11 is 0. The van der Waals surface area contributed by atoms with Crippen LogP contribution in [0.2, 0.25) is 0 Å². The number of hydrogen-bond acceptors (Lipinski definition) is 9. The molecule has 2 aliphatic carbocycles. The fourth-order valence-electron chi connectivity index (χ4n) is 5.77. The average molecular weight is 584 g/mol. The van der Waals surface area contributed by atoms with Crippen molar-refractivity contribution in [2.45, 2.75) is 101 Å². The van der Waals surface area contributed by atoms with Crippen LogP contribution in [0.5, 0.6) is 0 Å². The number of fused-ring (bicyclic) bond motifs is 2. The molecule has 0 bridgehead atoms. The van der Waals surface area contributed by atoms with E-state index in [1.54, 1.807) is 39.0 Å². The van der Waals surface area contributed by atoms with Gasteiger partial charge in [0, 0.05) is 18.4 Å². The number of ether oxygens (including phenoxy) is 5. The highest BCUT2D eigenvalue weighted by molar-refractivity contribution is 5.95. The van der Waals surface area contributed by atoms with Gasteiger partial charge in [-0.05, 0) is 70.1 Å². The Balaban J connectivity index is 1.21. The van der Waals surface area contributed by atoms with Gasteiger partial charge < -0.3 is 34.1 Å². The van der Waals surface area contributed by atoms with E-state index >= 15 is 0 Å². The van der Waals surface area contributed by atoms with Crippen molar-refractivity contribution in [3.8, 4) is 0 Å². The molecule has 10 heteroatoms. The van der Waals surface area contributed by atoms with Gasteiger partial charge in [0.05, 0.1) is 30.4 Å². The molecule has 2 saturated heterocycles. The first kappa shape index (κ1) is 30.4. The number of aliphatic hydroxyl groups is 1. The molecule has 0 radical (unpaired) electrons. The Hall–Kier alpha value is -3.05. The zero-order chi connectivity index (χ0) is 29.9. The third-order valence-corrected chi connectivity index (χ3v) is 7.99. The smallest absolute Gasteiger partial charge is 0.339 e. The number of hydrogen-bond donors (Lipinski definition) is 2. The molecule has 1 amide bonds. The molecule has 10 nitrogen and oxygen atoms in total. The van der Waals surface area contributed by atoms with E-state index in [9.17, 15) is 19.5 Å². The Morgan fingerprint density at radius 1 is 1.14 bits per heavy atom. The Morgan fingerprint density at radius 3 is 2.71 bits per heavy atom. The molecule has 7 unspecified atom stereocenters. The molecule has 1 aromatic carbocycles. The van der Waals surface area contributed by atoms with E-state index in [0.29, 0.717) is 29.3 Å². The van der Waals surface area contributed by atoms with Crippen LogP contribution < -0.4 is 5.32 Å². The van der Waals surface area contributed by atoms with E-state index in [0.717, 1.165) is 24.8 Å². The number of carbonyl (C=O) groups is 3.